The maximum atomic E-state index is 13.2. The Balaban J connectivity index is 1.35. The zero-order valence-corrected chi connectivity index (χ0v) is 22.8. The first-order chi connectivity index (χ1) is 18.5. The molecule has 200 valence electrons. The SMILES string of the molecule is CCCCCCCCOc1ccc2c(c1)C(=O)c1cc(C(=O)Oc3ccc(OCC(C)CC)cc3)ccc1-2. The topological polar surface area (TPSA) is 61.8 Å². The van der Waals surface area contributed by atoms with Crippen LogP contribution in [-0.2, 0) is 0 Å². The molecule has 0 heterocycles. The van der Waals surface area contributed by atoms with Crippen molar-refractivity contribution in [2.24, 2.45) is 5.92 Å². The van der Waals surface area contributed by atoms with Crippen molar-refractivity contribution in [1.29, 1.82) is 0 Å². The summed E-state index contributed by atoms with van der Waals surface area (Å²) in [5.41, 5.74) is 3.15. The molecule has 1 atom stereocenters. The number of carbonyl (C=O) groups is 2. The van der Waals surface area contributed by atoms with Gasteiger partial charge in [0.2, 0.25) is 0 Å². The Morgan fingerprint density at radius 2 is 1.34 bits per heavy atom. The summed E-state index contributed by atoms with van der Waals surface area (Å²) in [4.78, 5) is 26.0. The molecule has 0 amide bonds. The highest BCUT2D eigenvalue weighted by Gasteiger charge is 2.28. The van der Waals surface area contributed by atoms with Crippen LogP contribution in [0.15, 0.2) is 60.7 Å². The first-order valence-electron chi connectivity index (χ1n) is 13.9. The number of unbranched alkanes of at least 4 members (excludes halogenated alkanes) is 5. The molecule has 4 rings (SSSR count). The molecule has 0 bridgehead atoms. The summed E-state index contributed by atoms with van der Waals surface area (Å²) in [7, 11) is 0. The molecule has 0 N–H and O–H groups in total. The number of carbonyl (C=O) groups excluding carboxylic acids is 2. The number of esters is 1. The molecule has 1 aliphatic carbocycles. The van der Waals surface area contributed by atoms with E-state index in [0.717, 1.165) is 36.1 Å². The van der Waals surface area contributed by atoms with Crippen molar-refractivity contribution < 1.29 is 23.8 Å². The Bertz CT molecular complexity index is 1240. The first-order valence-corrected chi connectivity index (χ1v) is 13.9. The normalized spacial score (nSPS) is 12.6. The predicted octanol–water partition coefficient (Wildman–Crippen LogP) is 8.28. The summed E-state index contributed by atoms with van der Waals surface area (Å²) in [6.45, 7) is 7.78. The fourth-order valence-electron chi connectivity index (χ4n) is 4.47. The van der Waals surface area contributed by atoms with Gasteiger partial charge in [0.1, 0.15) is 17.2 Å². The van der Waals surface area contributed by atoms with Gasteiger partial charge in [-0.3, -0.25) is 4.79 Å². The van der Waals surface area contributed by atoms with E-state index in [1.54, 1.807) is 36.4 Å². The lowest BCUT2D eigenvalue weighted by molar-refractivity contribution is 0.0734. The van der Waals surface area contributed by atoms with Gasteiger partial charge in [-0.15, -0.1) is 0 Å². The highest BCUT2D eigenvalue weighted by atomic mass is 16.5. The summed E-state index contributed by atoms with van der Waals surface area (Å²) in [6.07, 6.45) is 8.26. The van der Waals surface area contributed by atoms with Crippen LogP contribution in [0.2, 0.25) is 0 Å². The van der Waals surface area contributed by atoms with Crippen LogP contribution >= 0.6 is 0 Å². The van der Waals surface area contributed by atoms with Crippen molar-refractivity contribution in [2.75, 3.05) is 13.2 Å². The van der Waals surface area contributed by atoms with Gasteiger partial charge in [-0.25, -0.2) is 4.79 Å². The molecule has 0 aromatic heterocycles. The minimum Gasteiger partial charge on any atom is -0.494 e. The van der Waals surface area contributed by atoms with Gasteiger partial charge in [0.05, 0.1) is 18.8 Å². The summed E-state index contributed by atoms with van der Waals surface area (Å²) < 4.78 is 17.2. The highest BCUT2D eigenvalue weighted by Crippen LogP contribution is 2.39. The molecule has 0 aliphatic heterocycles. The lowest BCUT2D eigenvalue weighted by Crippen LogP contribution is -2.10. The molecule has 1 unspecified atom stereocenters. The first kappa shape index (κ1) is 27.4. The van der Waals surface area contributed by atoms with Crippen molar-refractivity contribution in [3.05, 3.63) is 77.4 Å². The molecule has 0 radical (unpaired) electrons. The molecule has 0 spiro atoms. The summed E-state index contributed by atoms with van der Waals surface area (Å²) in [5, 5.41) is 0. The maximum absolute atomic E-state index is 13.2. The van der Waals surface area contributed by atoms with E-state index in [4.69, 9.17) is 14.2 Å². The standard InChI is InChI=1S/C33H38O5/c1-4-6-7-8-9-10-19-36-27-16-18-29-28-17-11-24(20-30(28)32(34)31(29)21-27)33(35)38-26-14-12-25(13-15-26)37-22-23(3)5-2/h11-18,20-21,23H,4-10,19,22H2,1-3H3. The van der Waals surface area contributed by atoms with Crippen LogP contribution in [0.4, 0.5) is 0 Å². The molecular formula is C33H38O5. The second-order valence-corrected chi connectivity index (χ2v) is 10.1. The molecule has 3 aromatic rings. The largest absolute Gasteiger partial charge is 0.494 e. The van der Waals surface area contributed by atoms with Gasteiger partial charge in [-0.1, -0.05) is 65.4 Å². The number of hydrogen-bond donors (Lipinski definition) is 0. The predicted molar refractivity (Wildman–Crippen MR) is 151 cm³/mol. The fourth-order valence-corrected chi connectivity index (χ4v) is 4.47. The van der Waals surface area contributed by atoms with E-state index in [9.17, 15) is 9.59 Å². The van der Waals surface area contributed by atoms with E-state index >= 15 is 0 Å². The molecule has 0 saturated carbocycles. The van der Waals surface area contributed by atoms with Gasteiger partial charge >= 0.3 is 5.97 Å². The van der Waals surface area contributed by atoms with Crippen molar-refractivity contribution in [2.45, 2.75) is 65.7 Å². The molecular weight excluding hydrogens is 476 g/mol. The minimum atomic E-state index is -0.507. The Labute approximate surface area is 226 Å². The van der Waals surface area contributed by atoms with E-state index in [2.05, 4.69) is 20.8 Å². The Kier molecular flexibility index (Phi) is 9.58. The lowest BCUT2D eigenvalue weighted by atomic mass is 10.0. The van der Waals surface area contributed by atoms with Gasteiger partial charge in [-0.05, 0) is 78.1 Å². The third kappa shape index (κ3) is 6.83. The van der Waals surface area contributed by atoms with Crippen LogP contribution in [0.25, 0.3) is 11.1 Å². The van der Waals surface area contributed by atoms with Gasteiger partial charge in [0, 0.05) is 11.1 Å². The van der Waals surface area contributed by atoms with Crippen molar-refractivity contribution in [1.82, 2.24) is 0 Å². The zero-order chi connectivity index (χ0) is 26.9. The number of ether oxygens (including phenoxy) is 3. The van der Waals surface area contributed by atoms with Crippen molar-refractivity contribution in [3.63, 3.8) is 0 Å². The lowest BCUT2D eigenvalue weighted by Gasteiger charge is -2.11. The molecule has 38 heavy (non-hydrogen) atoms. The highest BCUT2D eigenvalue weighted by molar-refractivity contribution is 6.22. The second-order valence-electron chi connectivity index (χ2n) is 10.1. The second kappa shape index (κ2) is 13.3. The average Bonchev–Trinajstić information content (AvgIpc) is 3.22. The summed E-state index contributed by atoms with van der Waals surface area (Å²) in [6, 6.07) is 17.8. The van der Waals surface area contributed by atoms with Crippen LogP contribution in [0.1, 0.15) is 92.0 Å². The van der Waals surface area contributed by atoms with E-state index in [0.29, 0.717) is 47.3 Å². The van der Waals surface area contributed by atoms with Crippen molar-refractivity contribution in [3.8, 4) is 28.4 Å². The number of ketones is 1. The van der Waals surface area contributed by atoms with Gasteiger partial charge < -0.3 is 14.2 Å². The summed E-state index contributed by atoms with van der Waals surface area (Å²) >= 11 is 0. The third-order valence-corrected chi connectivity index (χ3v) is 7.06. The van der Waals surface area contributed by atoms with Crippen LogP contribution < -0.4 is 14.2 Å². The van der Waals surface area contributed by atoms with Crippen molar-refractivity contribution >= 4 is 11.8 Å². The maximum Gasteiger partial charge on any atom is 0.343 e. The van der Waals surface area contributed by atoms with Crippen LogP contribution in [0.5, 0.6) is 17.2 Å². The van der Waals surface area contributed by atoms with Gasteiger partial charge in [-0.2, -0.15) is 0 Å². The molecule has 0 fully saturated rings. The molecule has 1 aliphatic rings. The monoisotopic (exact) mass is 514 g/mol. The molecule has 5 nitrogen and oxygen atoms in total. The van der Waals surface area contributed by atoms with Crippen LogP contribution in [0.3, 0.4) is 0 Å². The average molecular weight is 515 g/mol. The Morgan fingerprint density at radius 3 is 2.08 bits per heavy atom. The Morgan fingerprint density at radius 1 is 0.711 bits per heavy atom. The van der Waals surface area contributed by atoms with E-state index in [-0.39, 0.29) is 5.78 Å². The Hall–Kier alpha value is -3.60. The van der Waals surface area contributed by atoms with Crippen LogP contribution in [0, 0.1) is 5.92 Å². The minimum absolute atomic E-state index is 0.0996. The van der Waals surface area contributed by atoms with Crippen LogP contribution in [-0.4, -0.2) is 25.0 Å². The smallest absolute Gasteiger partial charge is 0.343 e. The third-order valence-electron chi connectivity index (χ3n) is 7.06. The molecule has 0 saturated heterocycles. The number of fused-ring (bicyclic) bond motifs is 3. The van der Waals surface area contributed by atoms with E-state index in [1.165, 1.54) is 25.7 Å². The van der Waals surface area contributed by atoms with Gasteiger partial charge in [0.15, 0.2) is 5.78 Å². The zero-order valence-electron chi connectivity index (χ0n) is 22.8. The summed E-state index contributed by atoms with van der Waals surface area (Å²) in [5.74, 6) is 1.74. The quantitative estimate of drug-likeness (QED) is 0.0962. The number of rotatable bonds is 14. The van der Waals surface area contributed by atoms with E-state index in [1.807, 2.05) is 24.3 Å². The molecule has 3 aromatic carbocycles. The fraction of sp³-hybridized carbons (Fsp3) is 0.394. The number of benzene rings is 3. The van der Waals surface area contributed by atoms with Gasteiger partial charge in [0.25, 0.3) is 0 Å². The number of hydrogen-bond acceptors (Lipinski definition) is 5. The van der Waals surface area contributed by atoms with E-state index < -0.39 is 5.97 Å². The molecule has 5 heteroatoms.